The van der Waals surface area contributed by atoms with Gasteiger partial charge >= 0.3 is 0 Å². The summed E-state index contributed by atoms with van der Waals surface area (Å²) < 4.78 is 10.8. The molecule has 0 aliphatic rings. The monoisotopic (exact) mass is 445 g/mol. The third-order valence-corrected chi connectivity index (χ3v) is 4.30. The number of ether oxygens (including phenoxy) is 2. The van der Waals surface area contributed by atoms with Gasteiger partial charge in [-0.05, 0) is 36.4 Å². The Bertz CT molecular complexity index is 967. The van der Waals surface area contributed by atoms with Gasteiger partial charge in [0.15, 0.2) is 13.2 Å². The minimum absolute atomic E-state index is 0.242. The van der Waals surface area contributed by atoms with Crippen LogP contribution in [0, 0.1) is 0 Å². The van der Waals surface area contributed by atoms with Crippen LogP contribution in [-0.2, 0) is 9.59 Å². The Morgan fingerprint density at radius 2 is 1.13 bits per heavy atom. The van der Waals surface area contributed by atoms with Gasteiger partial charge in [0.1, 0.15) is 23.1 Å². The molecule has 1 aromatic heterocycles. The van der Waals surface area contributed by atoms with Crippen LogP contribution in [0.3, 0.4) is 0 Å². The highest BCUT2D eigenvalue weighted by molar-refractivity contribution is 6.32. The van der Waals surface area contributed by atoms with E-state index in [9.17, 15) is 9.59 Å². The summed E-state index contributed by atoms with van der Waals surface area (Å²) in [6, 6.07) is 18.5. The quantitative estimate of drug-likeness (QED) is 0.535. The smallest absolute Gasteiger partial charge is 0.263 e. The second-order valence-corrected chi connectivity index (χ2v) is 6.76. The minimum atomic E-state index is -0.423. The third kappa shape index (κ3) is 6.37. The van der Waals surface area contributed by atoms with Crippen molar-refractivity contribution < 1.29 is 19.1 Å². The number of halogens is 2. The Kier molecular flexibility index (Phi) is 7.48. The van der Waals surface area contributed by atoms with Crippen molar-refractivity contribution in [2.75, 3.05) is 23.8 Å². The molecule has 0 fully saturated rings. The lowest BCUT2D eigenvalue weighted by Gasteiger charge is -2.10. The fourth-order valence-corrected chi connectivity index (χ4v) is 2.72. The van der Waals surface area contributed by atoms with E-state index < -0.39 is 11.8 Å². The molecule has 2 amide bonds. The third-order valence-electron chi connectivity index (χ3n) is 3.67. The maximum Gasteiger partial charge on any atom is 0.263 e. The number of pyridine rings is 1. The molecule has 7 nitrogen and oxygen atoms in total. The van der Waals surface area contributed by atoms with Gasteiger partial charge in [0.05, 0.1) is 10.0 Å². The van der Waals surface area contributed by atoms with Crippen molar-refractivity contribution in [1.82, 2.24) is 4.98 Å². The molecule has 2 N–H and O–H groups in total. The summed E-state index contributed by atoms with van der Waals surface area (Å²) in [7, 11) is 0. The molecule has 30 heavy (non-hydrogen) atoms. The second kappa shape index (κ2) is 10.5. The van der Waals surface area contributed by atoms with E-state index in [0.717, 1.165) is 0 Å². The number of hydrogen-bond donors (Lipinski definition) is 2. The van der Waals surface area contributed by atoms with E-state index in [1.54, 1.807) is 66.7 Å². The molecule has 3 aromatic rings. The fourth-order valence-electron chi connectivity index (χ4n) is 2.34. The van der Waals surface area contributed by atoms with Gasteiger partial charge in [-0.25, -0.2) is 4.98 Å². The predicted molar refractivity (Wildman–Crippen MR) is 115 cm³/mol. The summed E-state index contributed by atoms with van der Waals surface area (Å²) in [6.45, 7) is -0.485. The largest absolute Gasteiger partial charge is 0.482 e. The molecule has 0 spiro atoms. The maximum absolute atomic E-state index is 12.1. The van der Waals surface area contributed by atoms with Crippen LogP contribution in [0.5, 0.6) is 11.5 Å². The molecule has 0 aliphatic carbocycles. The number of rotatable bonds is 8. The van der Waals surface area contributed by atoms with Crippen LogP contribution < -0.4 is 20.1 Å². The minimum Gasteiger partial charge on any atom is -0.482 e. The highest BCUT2D eigenvalue weighted by atomic mass is 35.5. The number of aromatic nitrogens is 1. The van der Waals surface area contributed by atoms with Crippen LogP contribution in [0.2, 0.25) is 10.0 Å². The molecule has 0 saturated heterocycles. The van der Waals surface area contributed by atoms with Crippen LogP contribution in [0.1, 0.15) is 0 Å². The molecule has 0 atom stereocenters. The summed E-state index contributed by atoms with van der Waals surface area (Å²) in [4.78, 5) is 28.3. The number of benzene rings is 2. The number of nitrogens with zero attached hydrogens (tertiary/aromatic N) is 1. The molecule has 3 rings (SSSR count). The normalized spacial score (nSPS) is 10.2. The van der Waals surface area contributed by atoms with E-state index in [1.807, 2.05) is 0 Å². The summed E-state index contributed by atoms with van der Waals surface area (Å²) in [6.07, 6.45) is 0. The van der Waals surface area contributed by atoms with Crippen molar-refractivity contribution >= 4 is 46.7 Å². The Balaban J connectivity index is 1.50. The van der Waals surface area contributed by atoms with Crippen molar-refractivity contribution in [2.24, 2.45) is 0 Å². The number of anilines is 2. The number of carbonyl (C=O) groups is 2. The first-order valence-electron chi connectivity index (χ1n) is 8.82. The van der Waals surface area contributed by atoms with Gasteiger partial charge in [-0.15, -0.1) is 0 Å². The van der Waals surface area contributed by atoms with Crippen LogP contribution in [0.4, 0.5) is 11.6 Å². The van der Waals surface area contributed by atoms with Gasteiger partial charge in [-0.1, -0.05) is 53.5 Å². The van der Waals surface area contributed by atoms with E-state index in [2.05, 4.69) is 15.6 Å². The van der Waals surface area contributed by atoms with Crippen LogP contribution >= 0.6 is 23.2 Å². The number of amides is 2. The van der Waals surface area contributed by atoms with Crippen molar-refractivity contribution in [3.63, 3.8) is 0 Å². The molecule has 2 aromatic carbocycles. The predicted octanol–water partition coefficient (Wildman–Crippen LogP) is 4.42. The van der Waals surface area contributed by atoms with Gasteiger partial charge in [0.25, 0.3) is 11.8 Å². The number of carbonyl (C=O) groups excluding carboxylic acids is 2. The summed E-state index contributed by atoms with van der Waals surface area (Å²) >= 11 is 12.0. The number of para-hydroxylation sites is 2. The first-order valence-corrected chi connectivity index (χ1v) is 9.58. The average molecular weight is 446 g/mol. The molecule has 154 valence electrons. The van der Waals surface area contributed by atoms with E-state index >= 15 is 0 Å². The maximum atomic E-state index is 12.1. The van der Waals surface area contributed by atoms with Crippen molar-refractivity contribution in [2.45, 2.75) is 0 Å². The molecular weight excluding hydrogens is 429 g/mol. The highest BCUT2D eigenvalue weighted by Gasteiger charge is 2.10. The first kappa shape index (κ1) is 21.4. The van der Waals surface area contributed by atoms with Gasteiger partial charge in [0, 0.05) is 0 Å². The lowest BCUT2D eigenvalue weighted by Crippen LogP contribution is -2.22. The first-order chi connectivity index (χ1) is 14.5. The molecule has 0 unspecified atom stereocenters. The standard InChI is InChI=1S/C21H17Cl2N3O4/c22-14-6-1-3-8-16(14)29-12-20(27)25-18-10-5-11-19(24-18)26-21(28)13-30-17-9-4-2-7-15(17)23/h1-11H,12-13H2,(H2,24,25,26,27,28). The van der Waals surface area contributed by atoms with Crippen LogP contribution in [0.15, 0.2) is 66.7 Å². The number of hydrogen-bond acceptors (Lipinski definition) is 5. The Morgan fingerprint density at radius 3 is 1.57 bits per heavy atom. The van der Waals surface area contributed by atoms with E-state index in [4.69, 9.17) is 32.7 Å². The zero-order chi connectivity index (χ0) is 21.3. The summed E-state index contributed by atoms with van der Waals surface area (Å²) in [5.74, 6) is 0.477. The second-order valence-electron chi connectivity index (χ2n) is 5.94. The van der Waals surface area contributed by atoms with Gasteiger partial charge in [-0.2, -0.15) is 0 Å². The number of nitrogens with one attached hydrogen (secondary N) is 2. The Labute approximate surface area is 182 Å². The fraction of sp³-hybridized carbons (Fsp3) is 0.0952. The molecule has 1 heterocycles. The summed E-state index contributed by atoms with van der Waals surface area (Å²) in [5, 5.41) is 6.00. The molecule has 0 bridgehead atoms. The molecule has 0 aliphatic heterocycles. The topological polar surface area (TPSA) is 89.6 Å². The van der Waals surface area contributed by atoms with Gasteiger partial charge < -0.3 is 20.1 Å². The van der Waals surface area contributed by atoms with Crippen molar-refractivity contribution in [3.8, 4) is 11.5 Å². The lowest BCUT2D eigenvalue weighted by atomic mass is 10.3. The molecule has 0 radical (unpaired) electrons. The SMILES string of the molecule is O=C(COc1ccccc1Cl)Nc1cccc(NC(=O)COc2ccccc2Cl)n1. The highest BCUT2D eigenvalue weighted by Crippen LogP contribution is 2.23. The zero-order valence-corrected chi connectivity index (χ0v) is 17.1. The Hall–Kier alpha value is -3.29. The van der Waals surface area contributed by atoms with Crippen LogP contribution in [-0.4, -0.2) is 30.0 Å². The molecule has 9 heteroatoms. The molecule has 0 saturated carbocycles. The van der Waals surface area contributed by atoms with Crippen LogP contribution in [0.25, 0.3) is 0 Å². The van der Waals surface area contributed by atoms with Gasteiger partial charge in [0.2, 0.25) is 0 Å². The van der Waals surface area contributed by atoms with E-state index in [0.29, 0.717) is 21.5 Å². The Morgan fingerprint density at radius 1 is 0.700 bits per heavy atom. The van der Waals surface area contributed by atoms with Crippen molar-refractivity contribution in [1.29, 1.82) is 0 Å². The van der Waals surface area contributed by atoms with Gasteiger partial charge in [-0.3, -0.25) is 9.59 Å². The van der Waals surface area contributed by atoms with E-state index in [1.165, 1.54) is 0 Å². The van der Waals surface area contributed by atoms with E-state index in [-0.39, 0.29) is 24.8 Å². The lowest BCUT2D eigenvalue weighted by molar-refractivity contribution is -0.118. The zero-order valence-electron chi connectivity index (χ0n) is 15.6. The van der Waals surface area contributed by atoms with Crippen molar-refractivity contribution in [3.05, 3.63) is 76.8 Å². The average Bonchev–Trinajstić information content (AvgIpc) is 2.73. The molecular formula is C21H17Cl2N3O4. The summed E-state index contributed by atoms with van der Waals surface area (Å²) in [5.41, 5.74) is 0.